The fourth-order valence-electron chi connectivity index (χ4n) is 2.87. The van der Waals surface area contributed by atoms with Crippen molar-refractivity contribution >= 4 is 5.69 Å². The molecule has 0 saturated carbocycles. The van der Waals surface area contributed by atoms with Crippen LogP contribution in [-0.4, -0.2) is 36.5 Å². The highest BCUT2D eigenvalue weighted by Crippen LogP contribution is 2.23. The Morgan fingerprint density at radius 2 is 2.10 bits per heavy atom. The standard InChI is InChI=1S/C15H22FN3O2/c1-17-5-2-12-3-6-18(7-4-12)11-13-8-14(16)10-15(9-13)19(20)21/h8-10,12,17H,2-7,11H2,1H3. The molecule has 0 atom stereocenters. The van der Waals surface area contributed by atoms with Crippen molar-refractivity contribution in [1.29, 1.82) is 0 Å². The molecule has 0 amide bonds. The minimum absolute atomic E-state index is 0.172. The minimum Gasteiger partial charge on any atom is -0.320 e. The topological polar surface area (TPSA) is 58.4 Å². The molecule has 116 valence electrons. The van der Waals surface area contributed by atoms with Gasteiger partial charge in [0.2, 0.25) is 0 Å². The highest BCUT2D eigenvalue weighted by atomic mass is 19.1. The van der Waals surface area contributed by atoms with E-state index in [9.17, 15) is 14.5 Å². The highest BCUT2D eigenvalue weighted by Gasteiger charge is 2.19. The van der Waals surface area contributed by atoms with Crippen LogP contribution in [0, 0.1) is 21.8 Å². The van der Waals surface area contributed by atoms with Crippen LogP contribution in [0.4, 0.5) is 10.1 Å². The summed E-state index contributed by atoms with van der Waals surface area (Å²) in [5, 5.41) is 13.9. The van der Waals surface area contributed by atoms with Crippen molar-refractivity contribution in [3.8, 4) is 0 Å². The van der Waals surface area contributed by atoms with E-state index in [4.69, 9.17) is 0 Å². The number of nitro groups is 1. The molecule has 2 rings (SSSR count). The second-order valence-electron chi connectivity index (χ2n) is 5.69. The number of piperidine rings is 1. The maximum absolute atomic E-state index is 13.4. The quantitative estimate of drug-likeness (QED) is 0.647. The Labute approximate surface area is 124 Å². The number of likely N-dealkylation sites (tertiary alicyclic amines) is 1. The van der Waals surface area contributed by atoms with Gasteiger partial charge in [-0.2, -0.15) is 0 Å². The molecule has 0 radical (unpaired) electrons. The van der Waals surface area contributed by atoms with E-state index in [2.05, 4.69) is 10.2 Å². The Morgan fingerprint density at radius 3 is 2.71 bits per heavy atom. The number of non-ortho nitro benzene ring substituents is 1. The lowest BCUT2D eigenvalue weighted by atomic mass is 9.93. The Morgan fingerprint density at radius 1 is 1.38 bits per heavy atom. The first-order valence-electron chi connectivity index (χ1n) is 7.39. The van der Waals surface area contributed by atoms with E-state index in [-0.39, 0.29) is 5.69 Å². The molecule has 1 aromatic rings. The number of nitro benzene ring substituents is 1. The molecule has 0 aromatic heterocycles. The number of halogens is 1. The number of nitrogens with one attached hydrogen (secondary N) is 1. The van der Waals surface area contributed by atoms with Crippen LogP contribution in [0.15, 0.2) is 18.2 Å². The number of nitrogens with zero attached hydrogens (tertiary/aromatic N) is 2. The monoisotopic (exact) mass is 295 g/mol. The van der Waals surface area contributed by atoms with Gasteiger partial charge in [0.25, 0.3) is 5.69 Å². The van der Waals surface area contributed by atoms with E-state index >= 15 is 0 Å². The van der Waals surface area contributed by atoms with E-state index in [0.717, 1.165) is 44.5 Å². The zero-order valence-corrected chi connectivity index (χ0v) is 12.3. The normalized spacial score (nSPS) is 17.0. The van der Waals surface area contributed by atoms with Crippen LogP contribution in [0.1, 0.15) is 24.8 Å². The van der Waals surface area contributed by atoms with Gasteiger partial charge in [-0.15, -0.1) is 0 Å². The summed E-state index contributed by atoms with van der Waals surface area (Å²) in [5.74, 6) is 0.207. The molecular weight excluding hydrogens is 273 g/mol. The SMILES string of the molecule is CNCCC1CCN(Cc2cc(F)cc([N+](=O)[O-])c2)CC1. The molecule has 1 saturated heterocycles. The van der Waals surface area contributed by atoms with Crippen LogP contribution in [0.25, 0.3) is 0 Å². The first-order chi connectivity index (χ1) is 10.1. The van der Waals surface area contributed by atoms with Crippen molar-refractivity contribution in [3.63, 3.8) is 0 Å². The van der Waals surface area contributed by atoms with Crippen molar-refractivity contribution < 1.29 is 9.31 Å². The molecule has 0 bridgehead atoms. The van der Waals surface area contributed by atoms with Crippen molar-refractivity contribution in [2.45, 2.75) is 25.8 Å². The van der Waals surface area contributed by atoms with Gasteiger partial charge in [-0.05, 0) is 63.5 Å². The average Bonchev–Trinajstić information content (AvgIpc) is 2.46. The lowest BCUT2D eigenvalue weighted by Gasteiger charge is -2.32. The zero-order valence-electron chi connectivity index (χ0n) is 12.3. The predicted octanol–water partition coefficient (Wildman–Crippen LogP) is 2.56. The van der Waals surface area contributed by atoms with Crippen LogP contribution >= 0.6 is 0 Å². The Hall–Kier alpha value is -1.53. The summed E-state index contributed by atoms with van der Waals surface area (Å²) in [6, 6.07) is 3.82. The van der Waals surface area contributed by atoms with Crippen molar-refractivity contribution in [2.24, 2.45) is 5.92 Å². The van der Waals surface area contributed by atoms with Crippen LogP contribution in [-0.2, 0) is 6.54 Å². The van der Waals surface area contributed by atoms with Gasteiger partial charge < -0.3 is 5.32 Å². The molecule has 6 heteroatoms. The van der Waals surface area contributed by atoms with Crippen LogP contribution < -0.4 is 5.32 Å². The first-order valence-corrected chi connectivity index (χ1v) is 7.39. The Bertz CT molecular complexity index is 488. The zero-order chi connectivity index (χ0) is 15.2. The summed E-state index contributed by atoms with van der Waals surface area (Å²) < 4.78 is 13.4. The summed E-state index contributed by atoms with van der Waals surface area (Å²) >= 11 is 0. The number of benzene rings is 1. The van der Waals surface area contributed by atoms with Crippen molar-refractivity contribution in [1.82, 2.24) is 10.2 Å². The lowest BCUT2D eigenvalue weighted by Crippen LogP contribution is -2.34. The number of hydrogen-bond acceptors (Lipinski definition) is 4. The van der Waals surface area contributed by atoms with E-state index in [1.165, 1.54) is 18.6 Å². The number of hydrogen-bond donors (Lipinski definition) is 1. The van der Waals surface area contributed by atoms with Crippen LogP contribution in [0.5, 0.6) is 0 Å². The third kappa shape index (κ3) is 4.75. The van der Waals surface area contributed by atoms with E-state index in [1.54, 1.807) is 0 Å². The summed E-state index contributed by atoms with van der Waals surface area (Å²) in [7, 11) is 1.96. The fraction of sp³-hybridized carbons (Fsp3) is 0.600. The summed E-state index contributed by atoms with van der Waals surface area (Å²) in [5.41, 5.74) is 0.504. The fourth-order valence-corrected chi connectivity index (χ4v) is 2.87. The molecule has 1 N–H and O–H groups in total. The van der Waals surface area contributed by atoms with E-state index in [1.807, 2.05) is 7.05 Å². The van der Waals surface area contributed by atoms with Crippen molar-refractivity contribution in [2.75, 3.05) is 26.7 Å². The van der Waals surface area contributed by atoms with Gasteiger partial charge in [0.1, 0.15) is 5.82 Å². The van der Waals surface area contributed by atoms with Gasteiger partial charge >= 0.3 is 0 Å². The summed E-state index contributed by atoms with van der Waals surface area (Å²) in [6.45, 7) is 3.56. The predicted molar refractivity (Wildman–Crippen MR) is 79.6 cm³/mol. The molecule has 0 spiro atoms. The molecule has 1 aromatic carbocycles. The third-order valence-electron chi connectivity index (χ3n) is 4.07. The van der Waals surface area contributed by atoms with Crippen molar-refractivity contribution in [3.05, 3.63) is 39.7 Å². The number of rotatable bonds is 6. The third-order valence-corrected chi connectivity index (χ3v) is 4.07. The Kier molecular flexibility index (Phi) is 5.64. The van der Waals surface area contributed by atoms with Crippen LogP contribution in [0.2, 0.25) is 0 Å². The van der Waals surface area contributed by atoms with E-state index < -0.39 is 10.7 Å². The second-order valence-corrected chi connectivity index (χ2v) is 5.69. The van der Waals surface area contributed by atoms with Gasteiger partial charge in [0, 0.05) is 12.6 Å². The second kappa shape index (κ2) is 7.47. The summed E-state index contributed by atoms with van der Waals surface area (Å²) in [6.07, 6.45) is 3.47. The van der Waals surface area contributed by atoms with Gasteiger partial charge in [-0.25, -0.2) is 4.39 Å². The maximum Gasteiger partial charge on any atom is 0.272 e. The lowest BCUT2D eigenvalue weighted by molar-refractivity contribution is -0.385. The van der Waals surface area contributed by atoms with Crippen LogP contribution in [0.3, 0.4) is 0 Å². The maximum atomic E-state index is 13.4. The molecule has 0 unspecified atom stereocenters. The van der Waals surface area contributed by atoms with E-state index in [0.29, 0.717) is 12.1 Å². The average molecular weight is 295 g/mol. The molecular formula is C15H22FN3O2. The van der Waals surface area contributed by atoms with Gasteiger partial charge in [-0.1, -0.05) is 0 Å². The van der Waals surface area contributed by atoms with Gasteiger partial charge in [0.05, 0.1) is 11.0 Å². The minimum atomic E-state index is -0.545. The molecule has 5 nitrogen and oxygen atoms in total. The molecule has 1 aliphatic rings. The molecule has 1 fully saturated rings. The smallest absolute Gasteiger partial charge is 0.272 e. The largest absolute Gasteiger partial charge is 0.320 e. The van der Waals surface area contributed by atoms with Gasteiger partial charge in [0.15, 0.2) is 0 Å². The van der Waals surface area contributed by atoms with Gasteiger partial charge in [-0.3, -0.25) is 15.0 Å². The molecule has 0 aliphatic carbocycles. The summed E-state index contributed by atoms with van der Waals surface area (Å²) in [4.78, 5) is 12.5. The Balaban J connectivity index is 1.90. The highest BCUT2D eigenvalue weighted by molar-refractivity contribution is 5.35. The molecule has 21 heavy (non-hydrogen) atoms. The molecule has 1 heterocycles. The molecule has 1 aliphatic heterocycles. The first kappa shape index (κ1) is 15.9.